The molecule has 0 saturated heterocycles. The van der Waals surface area contributed by atoms with E-state index in [2.05, 4.69) is 16.0 Å². The van der Waals surface area contributed by atoms with Gasteiger partial charge < -0.3 is 16.0 Å². The Morgan fingerprint density at radius 3 is 2.21 bits per heavy atom. The van der Waals surface area contributed by atoms with Gasteiger partial charge in [-0.15, -0.1) is 0 Å². The number of rotatable bonds is 5. The van der Waals surface area contributed by atoms with Gasteiger partial charge in [0.15, 0.2) is 5.11 Å². The molecule has 1 aromatic rings. The number of nitrogens with two attached hydrogens (primary N) is 1. The van der Waals surface area contributed by atoms with Gasteiger partial charge in [0.05, 0.1) is 4.90 Å². The fourth-order valence-corrected chi connectivity index (χ4v) is 2.57. The van der Waals surface area contributed by atoms with Crippen LogP contribution in [0.25, 0.3) is 0 Å². The summed E-state index contributed by atoms with van der Waals surface area (Å²) in [4.78, 5) is 11.4. The van der Waals surface area contributed by atoms with Crippen LogP contribution in [0.5, 0.6) is 0 Å². The number of benzene rings is 1. The van der Waals surface area contributed by atoms with E-state index in [1.54, 1.807) is 6.92 Å². The molecule has 0 aromatic heterocycles. The van der Waals surface area contributed by atoms with Gasteiger partial charge in [-0.1, -0.05) is 41.7 Å². The van der Waals surface area contributed by atoms with Crippen molar-refractivity contribution in [1.29, 1.82) is 0 Å². The largest absolute Gasteiger partial charge is 0.339 e. The standard InChI is InChI=1S/C12H15Cl3N4O3S2/c1-2-9(20)18-10(12(13,14)15)19-11(23)17-7-3-5-8(6-4-7)24(16,21)22/h3-6,10H,2H2,1H3,(H,18,20)(H2,16,21,22)(H2,17,19,23)/t10-/m1/s1. The summed E-state index contributed by atoms with van der Waals surface area (Å²) in [7, 11) is -3.78. The van der Waals surface area contributed by atoms with Crippen LogP contribution < -0.4 is 21.1 Å². The molecule has 0 radical (unpaired) electrons. The number of primary sulfonamides is 1. The molecule has 0 bridgehead atoms. The van der Waals surface area contributed by atoms with Crippen molar-refractivity contribution in [2.45, 2.75) is 28.2 Å². The van der Waals surface area contributed by atoms with Crippen LogP contribution >= 0.6 is 47.0 Å². The molecule has 1 amide bonds. The Kier molecular flexibility index (Phi) is 7.51. The molecule has 1 atom stereocenters. The topological polar surface area (TPSA) is 113 Å². The number of sulfonamides is 1. The summed E-state index contributed by atoms with van der Waals surface area (Å²) < 4.78 is 20.5. The van der Waals surface area contributed by atoms with Crippen molar-refractivity contribution in [3.8, 4) is 0 Å². The van der Waals surface area contributed by atoms with E-state index >= 15 is 0 Å². The normalized spacial score (nSPS) is 13.0. The Bertz CT molecular complexity index is 705. The molecule has 0 saturated carbocycles. The van der Waals surface area contributed by atoms with E-state index in [0.29, 0.717) is 5.69 Å². The van der Waals surface area contributed by atoms with E-state index in [-0.39, 0.29) is 22.3 Å². The Morgan fingerprint density at radius 2 is 1.79 bits per heavy atom. The quantitative estimate of drug-likeness (QED) is 0.320. The summed E-state index contributed by atoms with van der Waals surface area (Å²) in [5.41, 5.74) is 0.477. The highest BCUT2D eigenvalue weighted by Crippen LogP contribution is 2.29. The van der Waals surface area contributed by atoms with E-state index in [0.717, 1.165) is 0 Å². The van der Waals surface area contributed by atoms with E-state index < -0.39 is 20.0 Å². The van der Waals surface area contributed by atoms with Crippen molar-refractivity contribution in [3.05, 3.63) is 24.3 Å². The van der Waals surface area contributed by atoms with Crippen LogP contribution in [0, 0.1) is 0 Å². The Morgan fingerprint density at radius 1 is 1.25 bits per heavy atom. The lowest BCUT2D eigenvalue weighted by Gasteiger charge is -2.27. The van der Waals surface area contributed by atoms with Crippen molar-refractivity contribution in [2.24, 2.45) is 5.14 Å². The average molecular weight is 434 g/mol. The molecule has 1 aromatic carbocycles. The Labute approximate surface area is 160 Å². The van der Waals surface area contributed by atoms with Gasteiger partial charge in [-0.05, 0) is 36.5 Å². The number of hydrogen-bond donors (Lipinski definition) is 4. The molecule has 0 heterocycles. The van der Waals surface area contributed by atoms with Gasteiger partial charge in [0.25, 0.3) is 0 Å². The average Bonchev–Trinajstić information content (AvgIpc) is 2.45. The minimum absolute atomic E-state index is 0.0405. The molecule has 0 aliphatic heterocycles. The second-order valence-electron chi connectivity index (χ2n) is 4.56. The zero-order valence-corrected chi connectivity index (χ0v) is 16.2. The number of thiocarbonyl (C=S) groups is 1. The molecule has 5 N–H and O–H groups in total. The number of halogens is 3. The van der Waals surface area contributed by atoms with Crippen LogP contribution in [0.4, 0.5) is 5.69 Å². The lowest BCUT2D eigenvalue weighted by molar-refractivity contribution is -0.121. The molecule has 0 fully saturated rings. The second-order valence-corrected chi connectivity index (χ2v) is 8.90. The predicted molar refractivity (Wildman–Crippen MR) is 99.7 cm³/mol. The third kappa shape index (κ3) is 6.96. The van der Waals surface area contributed by atoms with Gasteiger partial charge in [-0.25, -0.2) is 13.6 Å². The zero-order chi connectivity index (χ0) is 18.5. The smallest absolute Gasteiger partial charge is 0.238 e. The monoisotopic (exact) mass is 432 g/mol. The second kappa shape index (κ2) is 8.50. The summed E-state index contributed by atoms with van der Waals surface area (Å²) >= 11 is 22.5. The minimum atomic E-state index is -3.78. The maximum Gasteiger partial charge on any atom is 0.238 e. The number of carbonyl (C=O) groups is 1. The molecule has 0 aliphatic rings. The summed E-state index contributed by atoms with van der Waals surface area (Å²) in [5.74, 6) is -0.334. The van der Waals surface area contributed by atoms with Gasteiger partial charge in [0.2, 0.25) is 19.7 Å². The Balaban J connectivity index is 2.77. The van der Waals surface area contributed by atoms with Crippen LogP contribution in [0.3, 0.4) is 0 Å². The van der Waals surface area contributed by atoms with Crippen molar-refractivity contribution < 1.29 is 13.2 Å². The van der Waals surface area contributed by atoms with Crippen LogP contribution in [0.15, 0.2) is 29.2 Å². The third-order valence-corrected chi connectivity index (χ3v) is 4.47. The fraction of sp³-hybridized carbons (Fsp3) is 0.333. The SMILES string of the molecule is CCC(=O)N[C@H](NC(=S)Nc1ccc(S(N)(=O)=O)cc1)C(Cl)(Cl)Cl. The Hall–Kier alpha value is -0.840. The van der Waals surface area contributed by atoms with Crippen LogP contribution in [0.2, 0.25) is 0 Å². The fourth-order valence-electron chi connectivity index (χ4n) is 1.49. The molecule has 24 heavy (non-hydrogen) atoms. The highest BCUT2D eigenvalue weighted by atomic mass is 35.6. The maximum absolute atomic E-state index is 11.5. The van der Waals surface area contributed by atoms with Gasteiger partial charge in [0.1, 0.15) is 6.17 Å². The number of alkyl halides is 3. The lowest BCUT2D eigenvalue weighted by atomic mass is 10.3. The van der Waals surface area contributed by atoms with Crippen molar-refractivity contribution in [1.82, 2.24) is 10.6 Å². The minimum Gasteiger partial charge on any atom is -0.339 e. The molecule has 0 spiro atoms. The van der Waals surface area contributed by atoms with Gasteiger partial charge in [0, 0.05) is 12.1 Å². The number of anilines is 1. The predicted octanol–water partition coefficient (Wildman–Crippen LogP) is 1.84. The van der Waals surface area contributed by atoms with Gasteiger partial charge in [-0.3, -0.25) is 4.79 Å². The highest BCUT2D eigenvalue weighted by molar-refractivity contribution is 7.89. The third-order valence-electron chi connectivity index (χ3n) is 2.67. The van der Waals surface area contributed by atoms with E-state index in [1.807, 2.05) is 0 Å². The van der Waals surface area contributed by atoms with Crippen LogP contribution in [0.1, 0.15) is 13.3 Å². The molecule has 0 aliphatic carbocycles. The first kappa shape index (κ1) is 21.2. The number of carbonyl (C=O) groups excluding carboxylic acids is 1. The number of amides is 1. The van der Waals surface area contributed by atoms with Crippen molar-refractivity contribution in [3.63, 3.8) is 0 Å². The van der Waals surface area contributed by atoms with Crippen LogP contribution in [-0.2, 0) is 14.8 Å². The lowest BCUT2D eigenvalue weighted by Crippen LogP contribution is -2.56. The van der Waals surface area contributed by atoms with Gasteiger partial charge in [-0.2, -0.15) is 0 Å². The summed E-state index contributed by atoms with van der Waals surface area (Å²) in [6, 6.07) is 5.54. The maximum atomic E-state index is 11.5. The zero-order valence-electron chi connectivity index (χ0n) is 12.3. The van der Waals surface area contributed by atoms with Crippen molar-refractivity contribution >= 4 is 73.8 Å². The molecule has 1 rings (SSSR count). The molecule has 12 heteroatoms. The molecular weight excluding hydrogens is 419 g/mol. The molecular formula is C12H15Cl3N4O3S2. The number of nitrogens with one attached hydrogen (secondary N) is 3. The molecule has 7 nitrogen and oxygen atoms in total. The van der Waals surface area contributed by atoms with Crippen LogP contribution in [-0.4, -0.2) is 29.4 Å². The molecule has 0 unspecified atom stereocenters. The van der Waals surface area contributed by atoms with E-state index in [1.165, 1.54) is 24.3 Å². The first-order valence-corrected chi connectivity index (χ1v) is 9.58. The molecule has 134 valence electrons. The van der Waals surface area contributed by atoms with Gasteiger partial charge >= 0.3 is 0 Å². The van der Waals surface area contributed by atoms with E-state index in [9.17, 15) is 13.2 Å². The number of hydrogen-bond acceptors (Lipinski definition) is 4. The van der Waals surface area contributed by atoms with Crippen molar-refractivity contribution in [2.75, 3.05) is 5.32 Å². The summed E-state index contributed by atoms with van der Waals surface area (Å²) in [6.45, 7) is 1.65. The summed E-state index contributed by atoms with van der Waals surface area (Å²) in [5, 5.41) is 13.0. The van der Waals surface area contributed by atoms with E-state index in [4.69, 9.17) is 52.2 Å². The summed E-state index contributed by atoms with van der Waals surface area (Å²) in [6.07, 6.45) is -0.854. The first-order chi connectivity index (χ1) is 10.9. The first-order valence-electron chi connectivity index (χ1n) is 6.50. The highest BCUT2D eigenvalue weighted by Gasteiger charge is 2.34.